The summed E-state index contributed by atoms with van der Waals surface area (Å²) in [7, 11) is 0. The Morgan fingerprint density at radius 1 is 0.303 bits per heavy atom. The monoisotopic (exact) mass is 921 g/mol. The first-order valence-corrected chi connectivity index (χ1v) is 27.9. The lowest BCUT2D eigenvalue weighted by molar-refractivity contribution is -0.167. The number of hydrogen-bond donors (Lipinski definition) is 0. The van der Waals surface area contributed by atoms with Crippen LogP contribution in [0.2, 0.25) is 0 Å². The number of carbonyl (C=O) groups is 3. The molecule has 6 nitrogen and oxygen atoms in total. The molecule has 0 radical (unpaired) electrons. The number of hydrogen-bond acceptors (Lipinski definition) is 6. The molecule has 1 atom stereocenters. The number of esters is 3. The summed E-state index contributed by atoms with van der Waals surface area (Å²) >= 11 is 0. The van der Waals surface area contributed by atoms with Crippen LogP contribution in [0.4, 0.5) is 0 Å². The van der Waals surface area contributed by atoms with Crippen LogP contribution in [0.25, 0.3) is 0 Å². The van der Waals surface area contributed by atoms with Crippen LogP contribution < -0.4 is 0 Å². The van der Waals surface area contributed by atoms with Crippen LogP contribution in [0.3, 0.4) is 0 Å². The maximum absolute atomic E-state index is 12.8. The SMILES string of the molecule is CCCC/C=C\C/C=C\CCCCCCCC(=O)OC(COC(=O)CCCCCCC/C=C\CCCCCC)COC(=O)CCCCCCCC/C=C\C/C=C\C/C=C\CCCCCCC. The highest BCUT2D eigenvalue weighted by molar-refractivity contribution is 5.71. The zero-order valence-corrected chi connectivity index (χ0v) is 43.4. The second kappa shape index (κ2) is 54.5. The quantitative estimate of drug-likeness (QED) is 0.0262. The molecule has 0 N–H and O–H groups in total. The van der Waals surface area contributed by atoms with Gasteiger partial charge in [-0.2, -0.15) is 0 Å². The molecule has 0 bridgehead atoms. The number of rotatable bonds is 50. The molecule has 0 saturated heterocycles. The Balaban J connectivity index is 4.39. The minimum Gasteiger partial charge on any atom is -0.462 e. The molecule has 0 aliphatic rings. The highest BCUT2D eigenvalue weighted by atomic mass is 16.6. The highest BCUT2D eigenvalue weighted by Gasteiger charge is 2.19. The first-order valence-electron chi connectivity index (χ1n) is 27.9. The van der Waals surface area contributed by atoms with Crippen molar-refractivity contribution in [2.75, 3.05) is 13.2 Å². The van der Waals surface area contributed by atoms with Crippen molar-refractivity contribution in [1.29, 1.82) is 0 Å². The summed E-state index contributed by atoms with van der Waals surface area (Å²) in [6, 6.07) is 0. The lowest BCUT2D eigenvalue weighted by atomic mass is 10.1. The van der Waals surface area contributed by atoms with Gasteiger partial charge in [-0.15, -0.1) is 0 Å². The van der Waals surface area contributed by atoms with E-state index in [2.05, 4.69) is 93.7 Å². The molecule has 0 aromatic carbocycles. The zero-order valence-electron chi connectivity index (χ0n) is 43.4. The van der Waals surface area contributed by atoms with E-state index in [0.717, 1.165) is 109 Å². The smallest absolute Gasteiger partial charge is 0.306 e. The Hall–Kier alpha value is -3.15. The van der Waals surface area contributed by atoms with Gasteiger partial charge in [-0.1, -0.05) is 216 Å². The summed E-state index contributed by atoms with van der Waals surface area (Å²) in [5.74, 6) is -0.920. The Morgan fingerprint density at radius 3 is 0.924 bits per heavy atom. The molecule has 380 valence electrons. The minimum absolute atomic E-state index is 0.0898. The fourth-order valence-electron chi connectivity index (χ4n) is 7.64. The van der Waals surface area contributed by atoms with E-state index in [0.29, 0.717) is 19.3 Å². The zero-order chi connectivity index (χ0) is 47.9. The number of carbonyl (C=O) groups excluding carboxylic acids is 3. The normalized spacial score (nSPS) is 12.6. The molecular formula is C60H104O6. The lowest BCUT2D eigenvalue weighted by Crippen LogP contribution is -2.30. The van der Waals surface area contributed by atoms with E-state index in [4.69, 9.17) is 14.2 Å². The van der Waals surface area contributed by atoms with Crippen LogP contribution in [-0.4, -0.2) is 37.2 Å². The molecule has 0 fully saturated rings. The molecule has 0 heterocycles. The van der Waals surface area contributed by atoms with Crippen molar-refractivity contribution in [2.24, 2.45) is 0 Å². The minimum atomic E-state index is -0.791. The van der Waals surface area contributed by atoms with E-state index in [9.17, 15) is 14.4 Å². The van der Waals surface area contributed by atoms with E-state index in [1.807, 2.05) is 0 Å². The van der Waals surface area contributed by atoms with Crippen LogP contribution in [0, 0.1) is 0 Å². The van der Waals surface area contributed by atoms with E-state index in [1.165, 1.54) is 122 Å². The number of unbranched alkanes of at least 4 members (excludes halogenated alkanes) is 27. The van der Waals surface area contributed by atoms with Gasteiger partial charge >= 0.3 is 17.9 Å². The first-order chi connectivity index (χ1) is 32.5. The third-order valence-corrected chi connectivity index (χ3v) is 11.9. The predicted molar refractivity (Wildman–Crippen MR) is 284 cm³/mol. The Labute approximate surface area is 408 Å². The average Bonchev–Trinajstić information content (AvgIpc) is 3.31. The molecule has 0 amide bonds. The van der Waals surface area contributed by atoms with Gasteiger partial charge in [-0.25, -0.2) is 0 Å². The topological polar surface area (TPSA) is 78.9 Å². The summed E-state index contributed by atoms with van der Waals surface area (Å²) in [5, 5.41) is 0. The van der Waals surface area contributed by atoms with Crippen LogP contribution in [-0.2, 0) is 28.6 Å². The van der Waals surface area contributed by atoms with Crippen molar-refractivity contribution in [3.8, 4) is 0 Å². The van der Waals surface area contributed by atoms with Crippen molar-refractivity contribution in [2.45, 2.75) is 277 Å². The van der Waals surface area contributed by atoms with E-state index in [-0.39, 0.29) is 31.1 Å². The maximum Gasteiger partial charge on any atom is 0.306 e. The maximum atomic E-state index is 12.8. The molecule has 0 rings (SSSR count). The molecular weight excluding hydrogens is 817 g/mol. The molecule has 0 saturated carbocycles. The second-order valence-corrected chi connectivity index (χ2v) is 18.5. The number of allylic oxidation sites excluding steroid dienone is 12. The fraction of sp³-hybridized carbons (Fsp3) is 0.750. The summed E-state index contributed by atoms with van der Waals surface area (Å²) in [4.78, 5) is 38.1. The second-order valence-electron chi connectivity index (χ2n) is 18.5. The fourth-order valence-corrected chi connectivity index (χ4v) is 7.64. The molecule has 1 unspecified atom stereocenters. The van der Waals surface area contributed by atoms with Gasteiger partial charge in [-0.05, 0) is 109 Å². The number of ether oxygens (including phenoxy) is 3. The van der Waals surface area contributed by atoms with Crippen molar-refractivity contribution >= 4 is 17.9 Å². The lowest BCUT2D eigenvalue weighted by Gasteiger charge is -2.18. The van der Waals surface area contributed by atoms with Crippen LogP contribution in [0.1, 0.15) is 271 Å². The van der Waals surface area contributed by atoms with Crippen LogP contribution in [0.15, 0.2) is 72.9 Å². The van der Waals surface area contributed by atoms with Gasteiger partial charge in [0.25, 0.3) is 0 Å². The van der Waals surface area contributed by atoms with Gasteiger partial charge < -0.3 is 14.2 Å². The summed E-state index contributed by atoms with van der Waals surface area (Å²) < 4.78 is 16.8. The van der Waals surface area contributed by atoms with E-state index < -0.39 is 6.10 Å². The summed E-state index contributed by atoms with van der Waals surface area (Å²) in [6.07, 6.45) is 68.8. The van der Waals surface area contributed by atoms with Gasteiger partial charge in [0, 0.05) is 19.3 Å². The Kier molecular flexibility index (Phi) is 51.9. The largest absolute Gasteiger partial charge is 0.462 e. The standard InChI is InChI=1S/C60H104O6/c1-4-7-10-13-16-19-22-25-27-28-29-30-31-32-33-36-38-41-44-47-50-53-59(62)65-56-57(55-64-58(61)52-49-46-43-40-37-34-24-21-18-15-12-9-6-3)66-60(63)54-51-48-45-42-39-35-26-23-20-17-14-11-8-5-2/h14,17,21-26,28-29,31-32,57H,4-13,15-16,18-20,27,30,33-56H2,1-3H3/b17-14-,24-21-,25-22-,26-23-,29-28-,32-31-. The molecule has 0 aromatic rings. The molecule has 0 aliphatic carbocycles. The van der Waals surface area contributed by atoms with Gasteiger partial charge in [0.1, 0.15) is 13.2 Å². The molecule has 0 aromatic heterocycles. The molecule has 0 spiro atoms. The molecule has 6 heteroatoms. The molecule has 66 heavy (non-hydrogen) atoms. The van der Waals surface area contributed by atoms with Crippen molar-refractivity contribution in [3.63, 3.8) is 0 Å². The van der Waals surface area contributed by atoms with Gasteiger partial charge in [-0.3, -0.25) is 14.4 Å². The third kappa shape index (κ3) is 51.8. The van der Waals surface area contributed by atoms with Crippen molar-refractivity contribution in [3.05, 3.63) is 72.9 Å². The average molecular weight is 921 g/mol. The van der Waals surface area contributed by atoms with Crippen LogP contribution >= 0.6 is 0 Å². The predicted octanol–water partition coefficient (Wildman–Crippen LogP) is 18.6. The van der Waals surface area contributed by atoms with E-state index in [1.54, 1.807) is 0 Å². The van der Waals surface area contributed by atoms with Crippen molar-refractivity contribution in [1.82, 2.24) is 0 Å². The summed E-state index contributed by atoms with van der Waals surface area (Å²) in [6.45, 7) is 6.55. The van der Waals surface area contributed by atoms with Crippen LogP contribution in [0.5, 0.6) is 0 Å². The van der Waals surface area contributed by atoms with Gasteiger partial charge in [0.05, 0.1) is 0 Å². The first kappa shape index (κ1) is 62.8. The third-order valence-electron chi connectivity index (χ3n) is 11.9. The molecule has 0 aliphatic heterocycles. The van der Waals surface area contributed by atoms with Gasteiger partial charge in [0.15, 0.2) is 6.10 Å². The van der Waals surface area contributed by atoms with Crippen molar-refractivity contribution < 1.29 is 28.6 Å². The summed E-state index contributed by atoms with van der Waals surface area (Å²) in [5.41, 5.74) is 0. The van der Waals surface area contributed by atoms with Gasteiger partial charge in [0.2, 0.25) is 0 Å². The Bertz CT molecular complexity index is 1240. The highest BCUT2D eigenvalue weighted by Crippen LogP contribution is 2.14. The Morgan fingerprint density at radius 2 is 0.561 bits per heavy atom. The van der Waals surface area contributed by atoms with E-state index >= 15 is 0 Å².